The monoisotopic (exact) mass is 301 g/mol. The normalized spacial score (nSPS) is 18.1. The van der Waals surface area contributed by atoms with E-state index in [1.807, 2.05) is 12.1 Å². The molecule has 0 aromatic heterocycles. The lowest BCUT2D eigenvalue weighted by molar-refractivity contribution is -0.134. The third-order valence-electron chi connectivity index (χ3n) is 4.54. The van der Waals surface area contributed by atoms with Gasteiger partial charge in [-0.2, -0.15) is 0 Å². The fourth-order valence-corrected chi connectivity index (χ4v) is 2.70. The van der Waals surface area contributed by atoms with Crippen LogP contribution in [0.3, 0.4) is 0 Å². The van der Waals surface area contributed by atoms with Crippen LogP contribution in [0.25, 0.3) is 0 Å². The van der Waals surface area contributed by atoms with Crippen LogP contribution in [0.1, 0.15) is 52.0 Å². The van der Waals surface area contributed by atoms with Crippen molar-refractivity contribution < 1.29 is 9.53 Å². The van der Waals surface area contributed by atoms with E-state index < -0.39 is 0 Å². The van der Waals surface area contributed by atoms with E-state index in [1.54, 1.807) is 0 Å². The van der Waals surface area contributed by atoms with Gasteiger partial charge in [0.25, 0.3) is 5.91 Å². The Morgan fingerprint density at radius 2 is 1.77 bits per heavy atom. The summed E-state index contributed by atoms with van der Waals surface area (Å²) >= 11 is 0. The van der Waals surface area contributed by atoms with Crippen LogP contribution >= 0.6 is 0 Å². The summed E-state index contributed by atoms with van der Waals surface area (Å²) in [6, 6.07) is 8.59. The van der Waals surface area contributed by atoms with Gasteiger partial charge < -0.3 is 9.64 Å². The Balaban J connectivity index is 1.53. The molecule has 0 bridgehead atoms. The Hall–Kier alpha value is -1.51. The molecule has 120 valence electrons. The average molecular weight is 301 g/mol. The summed E-state index contributed by atoms with van der Waals surface area (Å²) in [6.45, 7) is 7.68. The average Bonchev–Trinajstić information content (AvgIpc) is 3.35. The number of hydrogen-bond acceptors (Lipinski definition) is 2. The van der Waals surface area contributed by atoms with Crippen LogP contribution in [0, 0.1) is 5.92 Å². The lowest BCUT2D eigenvalue weighted by Gasteiger charge is -2.22. The van der Waals surface area contributed by atoms with Gasteiger partial charge in [-0.15, -0.1) is 0 Å². The minimum Gasteiger partial charge on any atom is -0.484 e. The van der Waals surface area contributed by atoms with Gasteiger partial charge >= 0.3 is 0 Å². The van der Waals surface area contributed by atoms with Crippen LogP contribution in [0.15, 0.2) is 24.3 Å². The first-order valence-electron chi connectivity index (χ1n) is 8.46. The number of carbonyl (C=O) groups excluding carboxylic acids is 1. The van der Waals surface area contributed by atoms with E-state index in [9.17, 15) is 4.79 Å². The van der Waals surface area contributed by atoms with Gasteiger partial charge in [-0.25, -0.2) is 0 Å². The topological polar surface area (TPSA) is 29.5 Å². The molecule has 0 aliphatic heterocycles. The van der Waals surface area contributed by atoms with Gasteiger partial charge in [0.05, 0.1) is 0 Å². The summed E-state index contributed by atoms with van der Waals surface area (Å²) in [5.41, 5.74) is 1.42. The fraction of sp³-hybridized carbons (Fsp3) is 0.632. The van der Waals surface area contributed by atoms with Crippen molar-refractivity contribution in [1.29, 1.82) is 0 Å². The Bertz CT molecular complexity index is 521. The second-order valence-electron chi connectivity index (χ2n) is 7.78. The summed E-state index contributed by atoms with van der Waals surface area (Å²) in [5, 5.41) is 0. The van der Waals surface area contributed by atoms with Crippen LogP contribution in [0.5, 0.6) is 5.75 Å². The predicted octanol–water partition coefficient (Wildman–Crippen LogP) is 3.76. The van der Waals surface area contributed by atoms with Crippen molar-refractivity contribution in [3.8, 4) is 5.75 Å². The molecule has 1 aromatic carbocycles. The number of rotatable bonds is 6. The minimum atomic E-state index is 0.140. The van der Waals surface area contributed by atoms with E-state index in [0.29, 0.717) is 6.04 Å². The zero-order valence-corrected chi connectivity index (χ0v) is 14.0. The molecule has 0 radical (unpaired) electrons. The van der Waals surface area contributed by atoms with Gasteiger partial charge in [0, 0.05) is 12.6 Å². The highest BCUT2D eigenvalue weighted by Crippen LogP contribution is 2.35. The first-order chi connectivity index (χ1) is 10.4. The van der Waals surface area contributed by atoms with Gasteiger partial charge in [0.1, 0.15) is 5.75 Å². The van der Waals surface area contributed by atoms with Crippen LogP contribution in [-0.4, -0.2) is 30.0 Å². The van der Waals surface area contributed by atoms with Gasteiger partial charge in [-0.3, -0.25) is 4.79 Å². The molecule has 0 heterocycles. The quantitative estimate of drug-likeness (QED) is 0.800. The standard InChI is InChI=1S/C19H27NO2/c1-19(2,3)15-6-10-17(11-7-15)22-13-18(21)20(16-8-9-16)12-14-4-5-14/h6-7,10-11,14,16H,4-5,8-9,12-13H2,1-3H3. The van der Waals surface area contributed by atoms with Crippen molar-refractivity contribution in [3.05, 3.63) is 29.8 Å². The van der Waals surface area contributed by atoms with E-state index in [4.69, 9.17) is 4.74 Å². The number of hydrogen-bond donors (Lipinski definition) is 0. The summed E-state index contributed by atoms with van der Waals surface area (Å²) < 4.78 is 5.71. The number of benzene rings is 1. The molecule has 0 saturated heterocycles. The highest BCUT2D eigenvalue weighted by Gasteiger charge is 2.36. The maximum atomic E-state index is 12.4. The van der Waals surface area contributed by atoms with Gasteiger partial charge in [-0.05, 0) is 54.7 Å². The smallest absolute Gasteiger partial charge is 0.260 e. The minimum absolute atomic E-state index is 0.140. The van der Waals surface area contributed by atoms with E-state index in [0.717, 1.165) is 18.2 Å². The first-order valence-corrected chi connectivity index (χ1v) is 8.46. The Morgan fingerprint density at radius 1 is 1.14 bits per heavy atom. The fourth-order valence-electron chi connectivity index (χ4n) is 2.70. The van der Waals surface area contributed by atoms with Crippen molar-refractivity contribution in [2.24, 2.45) is 5.92 Å². The molecule has 2 saturated carbocycles. The predicted molar refractivity (Wildman–Crippen MR) is 88.1 cm³/mol. The van der Waals surface area contributed by atoms with Gasteiger partial charge in [0.2, 0.25) is 0 Å². The highest BCUT2D eigenvalue weighted by atomic mass is 16.5. The number of carbonyl (C=O) groups is 1. The summed E-state index contributed by atoms with van der Waals surface area (Å²) in [4.78, 5) is 14.4. The van der Waals surface area contributed by atoms with E-state index >= 15 is 0 Å². The summed E-state index contributed by atoms with van der Waals surface area (Å²) in [5.74, 6) is 1.67. The second-order valence-corrected chi connectivity index (χ2v) is 7.78. The molecule has 0 unspecified atom stereocenters. The van der Waals surface area contributed by atoms with Crippen molar-refractivity contribution in [1.82, 2.24) is 4.90 Å². The SMILES string of the molecule is CC(C)(C)c1ccc(OCC(=O)N(CC2CC2)C2CC2)cc1. The number of ether oxygens (including phenoxy) is 1. The van der Waals surface area contributed by atoms with Crippen molar-refractivity contribution >= 4 is 5.91 Å². The first kappa shape index (κ1) is 15.4. The third-order valence-corrected chi connectivity index (χ3v) is 4.54. The van der Waals surface area contributed by atoms with Crippen molar-refractivity contribution in [2.45, 2.75) is 57.9 Å². The van der Waals surface area contributed by atoms with Crippen molar-refractivity contribution in [3.63, 3.8) is 0 Å². The molecule has 1 aromatic rings. The molecular formula is C19H27NO2. The highest BCUT2D eigenvalue weighted by molar-refractivity contribution is 5.78. The molecule has 3 rings (SSSR count). The van der Waals surface area contributed by atoms with E-state index in [2.05, 4.69) is 37.8 Å². The zero-order valence-electron chi connectivity index (χ0n) is 14.0. The molecule has 1 amide bonds. The maximum absolute atomic E-state index is 12.4. The molecule has 22 heavy (non-hydrogen) atoms. The molecule has 0 spiro atoms. The largest absolute Gasteiger partial charge is 0.484 e. The lowest BCUT2D eigenvalue weighted by Crippen LogP contribution is -2.38. The lowest BCUT2D eigenvalue weighted by atomic mass is 9.87. The third kappa shape index (κ3) is 4.02. The van der Waals surface area contributed by atoms with E-state index in [-0.39, 0.29) is 17.9 Å². The van der Waals surface area contributed by atoms with Gasteiger partial charge in [-0.1, -0.05) is 32.9 Å². The maximum Gasteiger partial charge on any atom is 0.260 e. The molecule has 3 heteroatoms. The summed E-state index contributed by atoms with van der Waals surface area (Å²) in [6.07, 6.45) is 4.90. The Labute approximate surface area is 133 Å². The molecular weight excluding hydrogens is 274 g/mol. The summed E-state index contributed by atoms with van der Waals surface area (Å²) in [7, 11) is 0. The molecule has 2 aliphatic rings. The molecule has 3 nitrogen and oxygen atoms in total. The van der Waals surface area contributed by atoms with Crippen LogP contribution < -0.4 is 4.74 Å². The number of nitrogens with zero attached hydrogens (tertiary/aromatic N) is 1. The molecule has 2 fully saturated rings. The van der Waals surface area contributed by atoms with E-state index in [1.165, 1.54) is 31.2 Å². The van der Waals surface area contributed by atoms with Crippen LogP contribution in [0.2, 0.25) is 0 Å². The number of amides is 1. The Kier molecular flexibility index (Phi) is 4.16. The molecule has 0 N–H and O–H groups in total. The second kappa shape index (κ2) is 5.94. The Morgan fingerprint density at radius 3 is 2.27 bits per heavy atom. The van der Waals surface area contributed by atoms with Crippen LogP contribution in [0.4, 0.5) is 0 Å². The van der Waals surface area contributed by atoms with Crippen molar-refractivity contribution in [2.75, 3.05) is 13.2 Å². The molecule has 0 atom stereocenters. The van der Waals surface area contributed by atoms with Crippen LogP contribution in [-0.2, 0) is 10.2 Å². The van der Waals surface area contributed by atoms with Gasteiger partial charge in [0.15, 0.2) is 6.61 Å². The zero-order chi connectivity index (χ0) is 15.7. The molecule has 2 aliphatic carbocycles.